The van der Waals surface area contributed by atoms with Crippen LogP contribution >= 0.6 is 11.3 Å². The van der Waals surface area contributed by atoms with Crippen LogP contribution in [0.4, 0.5) is 0 Å². The lowest BCUT2D eigenvalue weighted by Crippen LogP contribution is -1.87. The van der Waals surface area contributed by atoms with E-state index >= 15 is 0 Å². The number of rotatable bonds is 3. The van der Waals surface area contributed by atoms with Gasteiger partial charge in [0.25, 0.3) is 0 Å². The smallest absolute Gasteiger partial charge is 0.0900 e. The summed E-state index contributed by atoms with van der Waals surface area (Å²) in [6.07, 6.45) is 3.52. The summed E-state index contributed by atoms with van der Waals surface area (Å²) < 4.78 is 0. The van der Waals surface area contributed by atoms with E-state index in [4.69, 9.17) is 0 Å². The molecule has 0 fully saturated rings. The number of hydrogen-bond donors (Lipinski definition) is 0. The molecule has 1 rings (SSSR count). The minimum absolute atomic E-state index is 1.08. The normalized spacial score (nSPS) is 9.31. The lowest BCUT2D eigenvalue weighted by atomic mass is 10.2. The van der Waals surface area contributed by atoms with E-state index in [1.54, 1.807) is 0 Å². The number of nitrogens with zero attached hydrogens (tertiary/aromatic N) is 1. The Balaban J connectivity index is 0.000000671. The zero-order valence-corrected chi connectivity index (χ0v) is 10.3. The molecule has 0 spiro atoms. The van der Waals surface area contributed by atoms with Gasteiger partial charge in [0.1, 0.15) is 0 Å². The fraction of sp³-hybridized carbons (Fsp3) is 0.727. The molecule has 13 heavy (non-hydrogen) atoms. The number of aromatic nitrogens is 1. The maximum Gasteiger partial charge on any atom is 0.0900 e. The van der Waals surface area contributed by atoms with E-state index < -0.39 is 0 Å². The zero-order valence-electron chi connectivity index (χ0n) is 9.48. The van der Waals surface area contributed by atoms with Crippen LogP contribution in [0.15, 0.2) is 0 Å². The summed E-state index contributed by atoms with van der Waals surface area (Å²) in [5.74, 6) is 0. The Morgan fingerprint density at radius 2 is 1.85 bits per heavy atom. The molecule has 1 aromatic heterocycles. The topological polar surface area (TPSA) is 12.9 Å². The lowest BCUT2D eigenvalue weighted by molar-refractivity contribution is 0.903. The summed E-state index contributed by atoms with van der Waals surface area (Å²) in [7, 11) is 0. The molecule has 0 saturated heterocycles. The first-order valence-electron chi connectivity index (χ1n) is 5.23. The highest BCUT2D eigenvalue weighted by molar-refractivity contribution is 7.11. The van der Waals surface area contributed by atoms with Gasteiger partial charge in [-0.3, -0.25) is 0 Å². The molecule has 2 heteroatoms. The monoisotopic (exact) mass is 199 g/mol. The third kappa shape index (κ3) is 3.90. The SMILES string of the molecule is CC.CCCc1sc(C)nc1CC. The highest BCUT2D eigenvalue weighted by Gasteiger charge is 2.04. The lowest BCUT2D eigenvalue weighted by Gasteiger charge is -1.94. The summed E-state index contributed by atoms with van der Waals surface area (Å²) in [4.78, 5) is 5.96. The third-order valence-corrected chi connectivity index (χ3v) is 2.77. The van der Waals surface area contributed by atoms with Crippen molar-refractivity contribution in [3.8, 4) is 0 Å². The van der Waals surface area contributed by atoms with E-state index in [-0.39, 0.29) is 0 Å². The summed E-state index contributed by atoms with van der Waals surface area (Å²) >= 11 is 1.85. The Morgan fingerprint density at radius 3 is 2.31 bits per heavy atom. The largest absolute Gasteiger partial charge is 0.246 e. The average Bonchev–Trinajstić information content (AvgIpc) is 2.50. The molecule has 1 heterocycles. The molecule has 0 saturated carbocycles. The van der Waals surface area contributed by atoms with Crippen LogP contribution < -0.4 is 0 Å². The second-order valence-corrected chi connectivity index (χ2v) is 3.99. The van der Waals surface area contributed by atoms with Gasteiger partial charge in [0, 0.05) is 4.88 Å². The molecule has 0 aromatic carbocycles. The maximum absolute atomic E-state index is 4.47. The van der Waals surface area contributed by atoms with Crippen molar-refractivity contribution < 1.29 is 0 Å². The van der Waals surface area contributed by atoms with E-state index in [0.29, 0.717) is 0 Å². The van der Waals surface area contributed by atoms with Gasteiger partial charge in [0.05, 0.1) is 10.7 Å². The number of aryl methyl sites for hydroxylation is 3. The van der Waals surface area contributed by atoms with Gasteiger partial charge in [-0.25, -0.2) is 4.98 Å². The molecule has 0 atom stereocenters. The Bertz CT molecular complexity index is 228. The molecule has 0 unspecified atom stereocenters. The van der Waals surface area contributed by atoms with E-state index in [0.717, 1.165) is 6.42 Å². The molecule has 0 bridgehead atoms. The fourth-order valence-corrected chi connectivity index (χ4v) is 2.34. The molecule has 0 amide bonds. The zero-order chi connectivity index (χ0) is 10.3. The van der Waals surface area contributed by atoms with Crippen molar-refractivity contribution in [2.45, 2.75) is 53.9 Å². The van der Waals surface area contributed by atoms with Crippen LogP contribution in [0.5, 0.6) is 0 Å². The molecular weight excluding hydrogens is 178 g/mol. The second kappa shape index (κ2) is 7.07. The van der Waals surface area contributed by atoms with Gasteiger partial charge in [-0.1, -0.05) is 34.1 Å². The van der Waals surface area contributed by atoms with Crippen molar-refractivity contribution in [1.82, 2.24) is 4.98 Å². The van der Waals surface area contributed by atoms with Crippen molar-refractivity contribution in [2.75, 3.05) is 0 Å². The molecule has 1 aromatic rings. The third-order valence-electron chi connectivity index (χ3n) is 1.70. The first-order chi connectivity index (χ1) is 6.27. The highest BCUT2D eigenvalue weighted by Crippen LogP contribution is 2.19. The molecule has 0 aliphatic heterocycles. The predicted octanol–water partition coefficient (Wildman–Crippen LogP) is 3.99. The number of hydrogen-bond acceptors (Lipinski definition) is 2. The quantitative estimate of drug-likeness (QED) is 0.717. The van der Waals surface area contributed by atoms with Crippen LogP contribution in [0.3, 0.4) is 0 Å². The Labute approximate surface area is 86.2 Å². The van der Waals surface area contributed by atoms with Gasteiger partial charge in [-0.2, -0.15) is 0 Å². The van der Waals surface area contributed by atoms with Crippen LogP contribution in [-0.2, 0) is 12.8 Å². The van der Waals surface area contributed by atoms with Gasteiger partial charge in [-0.15, -0.1) is 11.3 Å². The Morgan fingerprint density at radius 1 is 1.23 bits per heavy atom. The van der Waals surface area contributed by atoms with Crippen molar-refractivity contribution in [2.24, 2.45) is 0 Å². The van der Waals surface area contributed by atoms with E-state index in [1.807, 2.05) is 25.2 Å². The van der Waals surface area contributed by atoms with Crippen molar-refractivity contribution in [3.63, 3.8) is 0 Å². The van der Waals surface area contributed by atoms with E-state index in [1.165, 1.54) is 28.4 Å². The van der Waals surface area contributed by atoms with Crippen LogP contribution in [0.1, 0.15) is 49.7 Å². The van der Waals surface area contributed by atoms with Gasteiger partial charge in [0.2, 0.25) is 0 Å². The Hall–Kier alpha value is -0.370. The summed E-state index contributed by atoms with van der Waals surface area (Å²) in [5.41, 5.74) is 1.31. The summed E-state index contributed by atoms with van der Waals surface area (Å²) in [5, 5.41) is 1.21. The predicted molar refractivity (Wildman–Crippen MR) is 61.6 cm³/mol. The van der Waals surface area contributed by atoms with Gasteiger partial charge in [0.15, 0.2) is 0 Å². The summed E-state index contributed by atoms with van der Waals surface area (Å²) in [6, 6.07) is 0. The maximum atomic E-state index is 4.47. The molecule has 0 radical (unpaired) electrons. The van der Waals surface area contributed by atoms with E-state index in [9.17, 15) is 0 Å². The van der Waals surface area contributed by atoms with Gasteiger partial charge in [-0.05, 0) is 19.8 Å². The molecule has 0 N–H and O–H groups in total. The second-order valence-electron chi connectivity index (χ2n) is 2.71. The molecule has 0 aliphatic carbocycles. The first kappa shape index (κ1) is 12.6. The minimum Gasteiger partial charge on any atom is -0.246 e. The summed E-state index contributed by atoms with van der Waals surface area (Å²) in [6.45, 7) is 10.5. The first-order valence-corrected chi connectivity index (χ1v) is 6.04. The van der Waals surface area contributed by atoms with Crippen molar-refractivity contribution in [1.29, 1.82) is 0 Å². The number of thiazole rings is 1. The highest BCUT2D eigenvalue weighted by atomic mass is 32.1. The van der Waals surface area contributed by atoms with Crippen LogP contribution in [0.2, 0.25) is 0 Å². The van der Waals surface area contributed by atoms with Crippen LogP contribution in [0, 0.1) is 6.92 Å². The van der Waals surface area contributed by atoms with Crippen LogP contribution in [0.25, 0.3) is 0 Å². The Kier molecular flexibility index (Phi) is 6.87. The standard InChI is InChI=1S/C9H15NS.C2H6/c1-4-6-9-8(5-2)10-7(3)11-9;1-2/h4-6H2,1-3H3;1-2H3. The molecule has 1 nitrogen and oxygen atoms in total. The minimum atomic E-state index is 1.08. The van der Waals surface area contributed by atoms with Crippen molar-refractivity contribution in [3.05, 3.63) is 15.6 Å². The van der Waals surface area contributed by atoms with Crippen LogP contribution in [-0.4, -0.2) is 4.98 Å². The molecule has 76 valence electrons. The molecular formula is C11H21NS. The fourth-order valence-electron chi connectivity index (χ4n) is 1.21. The van der Waals surface area contributed by atoms with Gasteiger partial charge < -0.3 is 0 Å². The van der Waals surface area contributed by atoms with E-state index in [2.05, 4.69) is 25.8 Å². The van der Waals surface area contributed by atoms with Crippen molar-refractivity contribution >= 4 is 11.3 Å². The van der Waals surface area contributed by atoms with Gasteiger partial charge >= 0.3 is 0 Å². The molecule has 0 aliphatic rings. The average molecular weight is 199 g/mol.